The molecule has 0 fully saturated rings. The van der Waals surface area contributed by atoms with Crippen LogP contribution in [0.3, 0.4) is 0 Å². The Morgan fingerprint density at radius 3 is 2.35 bits per heavy atom. The lowest BCUT2D eigenvalue weighted by atomic mass is 10.1. The highest BCUT2D eigenvalue weighted by Gasteiger charge is 2.11. The summed E-state index contributed by atoms with van der Waals surface area (Å²) in [6.45, 7) is 6.03. The minimum atomic E-state index is -0.223. The summed E-state index contributed by atoms with van der Waals surface area (Å²) in [6.07, 6.45) is 3.07. The van der Waals surface area contributed by atoms with Crippen LogP contribution in [0.2, 0.25) is 0 Å². The number of amides is 1. The summed E-state index contributed by atoms with van der Waals surface area (Å²) in [5.41, 5.74) is 4.54. The van der Waals surface area contributed by atoms with E-state index in [9.17, 15) is 4.79 Å². The minimum absolute atomic E-state index is 0.0751. The summed E-state index contributed by atoms with van der Waals surface area (Å²) in [4.78, 5) is 20.9. The van der Waals surface area contributed by atoms with Crippen molar-refractivity contribution in [1.82, 2.24) is 9.97 Å². The second-order valence-corrected chi connectivity index (χ2v) is 6.34. The molecule has 0 saturated carbocycles. The summed E-state index contributed by atoms with van der Waals surface area (Å²) in [7, 11) is 0. The van der Waals surface area contributed by atoms with Gasteiger partial charge in [0, 0.05) is 18.1 Å². The molecule has 0 aliphatic heterocycles. The van der Waals surface area contributed by atoms with Gasteiger partial charge in [0.05, 0.1) is 11.6 Å². The van der Waals surface area contributed by atoms with E-state index < -0.39 is 0 Å². The van der Waals surface area contributed by atoms with Gasteiger partial charge in [-0.15, -0.1) is 0 Å². The van der Waals surface area contributed by atoms with Crippen molar-refractivity contribution in [2.24, 2.45) is 0 Å². The zero-order valence-electron chi connectivity index (χ0n) is 15.2. The fraction of sp³-hybridized carbons (Fsp3) is 0.190. The van der Waals surface area contributed by atoms with Gasteiger partial charge >= 0.3 is 0 Å². The summed E-state index contributed by atoms with van der Waals surface area (Å²) in [5.74, 6) is 0.268. The van der Waals surface area contributed by atoms with E-state index in [1.54, 1.807) is 0 Å². The normalized spacial score (nSPS) is 11.7. The molecule has 0 bridgehead atoms. The number of carbonyl (C=O) groups is 1. The van der Waals surface area contributed by atoms with E-state index in [0.717, 1.165) is 22.4 Å². The van der Waals surface area contributed by atoms with Crippen LogP contribution in [0.15, 0.2) is 60.9 Å². The first-order valence-corrected chi connectivity index (χ1v) is 8.55. The summed E-state index contributed by atoms with van der Waals surface area (Å²) in [5, 5.41) is 6.14. The molecule has 2 N–H and O–H groups in total. The molecule has 0 aliphatic rings. The Hall–Kier alpha value is -3.21. The molecule has 1 heterocycles. The van der Waals surface area contributed by atoms with Crippen LogP contribution >= 0.6 is 0 Å². The highest BCUT2D eigenvalue weighted by molar-refractivity contribution is 6.04. The predicted molar refractivity (Wildman–Crippen MR) is 104 cm³/mol. The highest BCUT2D eigenvalue weighted by atomic mass is 16.1. The lowest BCUT2D eigenvalue weighted by Gasteiger charge is -2.14. The Morgan fingerprint density at radius 1 is 1.00 bits per heavy atom. The van der Waals surface area contributed by atoms with E-state index in [1.165, 1.54) is 12.4 Å². The molecule has 26 heavy (non-hydrogen) atoms. The molecule has 1 amide bonds. The quantitative estimate of drug-likeness (QED) is 0.713. The van der Waals surface area contributed by atoms with Gasteiger partial charge in [-0.2, -0.15) is 0 Å². The number of hydrogen-bond acceptors (Lipinski definition) is 4. The molecule has 132 valence electrons. The zero-order chi connectivity index (χ0) is 18.5. The van der Waals surface area contributed by atoms with Crippen molar-refractivity contribution in [3.05, 3.63) is 83.2 Å². The number of hydrogen-bond donors (Lipinski definition) is 2. The highest BCUT2D eigenvalue weighted by Crippen LogP contribution is 2.18. The van der Waals surface area contributed by atoms with Crippen molar-refractivity contribution >= 4 is 17.5 Å². The maximum absolute atomic E-state index is 12.4. The summed E-state index contributed by atoms with van der Waals surface area (Å²) >= 11 is 0. The number of aromatic nitrogens is 2. The number of anilines is 2. The SMILES string of the molecule is Cc1ccc(NC(=O)c2cnc(NC(C)c3ccccc3)nc2)c(C)c1. The van der Waals surface area contributed by atoms with E-state index in [0.29, 0.717) is 11.5 Å². The lowest BCUT2D eigenvalue weighted by Crippen LogP contribution is -2.15. The van der Waals surface area contributed by atoms with Gasteiger partial charge in [-0.1, -0.05) is 48.0 Å². The van der Waals surface area contributed by atoms with Gasteiger partial charge < -0.3 is 10.6 Å². The fourth-order valence-corrected chi connectivity index (χ4v) is 2.69. The summed E-state index contributed by atoms with van der Waals surface area (Å²) < 4.78 is 0. The maximum Gasteiger partial charge on any atom is 0.258 e. The molecule has 5 nitrogen and oxygen atoms in total. The van der Waals surface area contributed by atoms with Crippen LogP contribution in [0.5, 0.6) is 0 Å². The molecule has 3 aromatic rings. The van der Waals surface area contributed by atoms with Crippen molar-refractivity contribution in [2.75, 3.05) is 10.6 Å². The Kier molecular flexibility index (Phi) is 5.27. The molecule has 5 heteroatoms. The Labute approximate surface area is 153 Å². The third kappa shape index (κ3) is 4.25. The fourth-order valence-electron chi connectivity index (χ4n) is 2.69. The first kappa shape index (κ1) is 17.6. The van der Waals surface area contributed by atoms with Gasteiger partial charge in [0.15, 0.2) is 0 Å². The molecule has 0 saturated heterocycles. The van der Waals surface area contributed by atoms with Crippen molar-refractivity contribution in [3.63, 3.8) is 0 Å². The average molecular weight is 346 g/mol. The van der Waals surface area contributed by atoms with Crippen LogP contribution in [0, 0.1) is 13.8 Å². The van der Waals surface area contributed by atoms with Gasteiger partial charge in [-0.3, -0.25) is 4.79 Å². The molecule has 1 aromatic heterocycles. The Morgan fingerprint density at radius 2 is 1.69 bits per heavy atom. The van der Waals surface area contributed by atoms with Crippen molar-refractivity contribution in [1.29, 1.82) is 0 Å². The van der Waals surface area contributed by atoms with Gasteiger partial charge in [-0.25, -0.2) is 9.97 Å². The van der Waals surface area contributed by atoms with Crippen LogP contribution in [-0.2, 0) is 0 Å². The first-order chi connectivity index (χ1) is 12.5. The van der Waals surface area contributed by atoms with Gasteiger partial charge in [-0.05, 0) is 38.0 Å². The van der Waals surface area contributed by atoms with E-state index in [-0.39, 0.29) is 11.9 Å². The largest absolute Gasteiger partial charge is 0.348 e. The number of nitrogens with zero attached hydrogens (tertiary/aromatic N) is 2. The van der Waals surface area contributed by atoms with Gasteiger partial charge in [0.1, 0.15) is 0 Å². The van der Waals surface area contributed by atoms with Crippen molar-refractivity contribution in [2.45, 2.75) is 26.8 Å². The van der Waals surface area contributed by atoms with Crippen LogP contribution in [-0.4, -0.2) is 15.9 Å². The van der Waals surface area contributed by atoms with E-state index in [4.69, 9.17) is 0 Å². The lowest BCUT2D eigenvalue weighted by molar-refractivity contribution is 0.102. The zero-order valence-corrected chi connectivity index (χ0v) is 15.2. The van der Waals surface area contributed by atoms with E-state index >= 15 is 0 Å². The summed E-state index contributed by atoms with van der Waals surface area (Å²) in [6, 6.07) is 16.0. The molecule has 1 atom stereocenters. The second kappa shape index (κ2) is 7.78. The minimum Gasteiger partial charge on any atom is -0.348 e. The number of rotatable bonds is 5. The standard InChI is InChI=1S/C21H22N4O/c1-14-9-10-19(15(2)11-14)25-20(26)18-12-22-21(23-13-18)24-16(3)17-7-5-4-6-8-17/h4-13,16H,1-3H3,(H,25,26)(H,22,23,24). The van der Waals surface area contributed by atoms with Gasteiger partial charge in [0.25, 0.3) is 5.91 Å². The molecular formula is C21H22N4O. The van der Waals surface area contributed by atoms with Crippen LogP contribution in [0.4, 0.5) is 11.6 Å². The van der Waals surface area contributed by atoms with E-state index in [2.05, 4.69) is 20.6 Å². The monoisotopic (exact) mass is 346 g/mol. The van der Waals surface area contributed by atoms with Crippen LogP contribution in [0.25, 0.3) is 0 Å². The topological polar surface area (TPSA) is 66.9 Å². The third-order valence-corrected chi connectivity index (χ3v) is 4.19. The number of aryl methyl sites for hydroxylation is 2. The van der Waals surface area contributed by atoms with Crippen molar-refractivity contribution < 1.29 is 4.79 Å². The first-order valence-electron chi connectivity index (χ1n) is 8.55. The third-order valence-electron chi connectivity index (χ3n) is 4.19. The number of carbonyl (C=O) groups excluding carboxylic acids is 1. The number of benzene rings is 2. The smallest absolute Gasteiger partial charge is 0.258 e. The molecule has 0 aliphatic carbocycles. The second-order valence-electron chi connectivity index (χ2n) is 6.34. The molecule has 1 unspecified atom stereocenters. The van der Waals surface area contributed by atoms with Crippen molar-refractivity contribution in [3.8, 4) is 0 Å². The van der Waals surface area contributed by atoms with E-state index in [1.807, 2.05) is 69.3 Å². The average Bonchev–Trinajstić information content (AvgIpc) is 2.65. The molecule has 2 aromatic carbocycles. The maximum atomic E-state index is 12.4. The Bertz CT molecular complexity index is 892. The molecule has 0 radical (unpaired) electrons. The predicted octanol–water partition coefficient (Wildman–Crippen LogP) is 4.52. The van der Waals surface area contributed by atoms with Crippen LogP contribution < -0.4 is 10.6 Å². The molecule has 3 rings (SSSR count). The number of nitrogens with one attached hydrogen (secondary N) is 2. The van der Waals surface area contributed by atoms with Crippen LogP contribution in [0.1, 0.15) is 40.0 Å². The molecular weight excluding hydrogens is 324 g/mol. The Balaban J connectivity index is 1.66. The molecule has 0 spiro atoms. The van der Waals surface area contributed by atoms with Gasteiger partial charge in [0.2, 0.25) is 5.95 Å².